The molecular weight excluding hydrogens is 1200 g/mol. The maximum atomic E-state index is 13.0. The van der Waals surface area contributed by atoms with Crippen molar-refractivity contribution in [1.29, 1.82) is 0 Å². The Morgan fingerprint density at radius 1 is 0.309 bits per heavy atom. The molecule has 97 heavy (non-hydrogen) atoms. The molecule has 0 aromatic rings. The van der Waals surface area contributed by atoms with E-state index < -0.39 is 24.3 Å². The molecule has 0 amide bonds. The molecular formula is C88H144NO8+. The molecule has 1 N–H and O–H groups in total. The fraction of sp³-hybridized carbons (Fsp3) is 0.625. The van der Waals surface area contributed by atoms with Crippen molar-refractivity contribution in [1.82, 2.24) is 0 Å². The van der Waals surface area contributed by atoms with Crippen LogP contribution in [0.5, 0.6) is 0 Å². The Morgan fingerprint density at radius 3 is 0.835 bits per heavy atom. The van der Waals surface area contributed by atoms with E-state index in [1.807, 2.05) is 21.1 Å². The zero-order chi connectivity index (χ0) is 70.4. The minimum atomic E-state index is -1.53. The first kappa shape index (κ1) is 91.4. The Morgan fingerprint density at radius 2 is 0.557 bits per heavy atom. The van der Waals surface area contributed by atoms with E-state index in [9.17, 15) is 19.5 Å². The van der Waals surface area contributed by atoms with Crippen LogP contribution in [0.3, 0.4) is 0 Å². The number of quaternary nitrogens is 1. The van der Waals surface area contributed by atoms with Crippen LogP contribution < -0.4 is 0 Å². The molecule has 0 rings (SSSR count). The van der Waals surface area contributed by atoms with Crippen molar-refractivity contribution in [3.8, 4) is 0 Å². The van der Waals surface area contributed by atoms with Gasteiger partial charge in [0.05, 0.1) is 34.4 Å². The summed E-state index contributed by atoms with van der Waals surface area (Å²) < 4.78 is 23.0. The van der Waals surface area contributed by atoms with E-state index in [1.165, 1.54) is 128 Å². The molecule has 0 aromatic carbocycles. The van der Waals surface area contributed by atoms with Crippen LogP contribution in [0.25, 0.3) is 0 Å². The average molecular weight is 1340 g/mol. The standard InChI is InChI=1S/C88H143NO8/c1-6-8-10-12-14-16-18-20-22-24-26-28-30-32-34-36-38-39-40-41-42-43-44-45-46-47-49-50-52-54-56-58-60-62-64-66-68-70-72-74-76-78-85(90)95-82-84(83-96-88(87(92)93)94-81-80-89(3,4)5)97-86(91)79-77-75-73-71-69-67-65-63-61-59-57-55-53-51-48-37-35-33-31-29-27-25-23-21-19-17-15-13-11-9-7-2/h8-11,14-17,20-23,26-29,32-35,38-39,48,51,55,57,61,63,67,69,84,88H,6-7,12-13,18-19,24-25,30-31,36-37,40-47,49-50,52-54,56,58-60,62,64-66,68,70-83H2,1-5H3/p+1/b10-8-,11-9-,16-14-,17-15-,22-20-,23-21-,28-26-,29-27-,34-32-,35-33-,39-38-,51-48-,57-55-,63-61-,69-67-. The summed E-state index contributed by atoms with van der Waals surface area (Å²) in [5.41, 5.74) is 0. The van der Waals surface area contributed by atoms with Crippen molar-refractivity contribution in [2.24, 2.45) is 0 Å². The Labute approximate surface area is 596 Å². The number of carbonyl (C=O) groups is 3. The van der Waals surface area contributed by atoms with Gasteiger partial charge in [-0.3, -0.25) is 9.59 Å². The summed E-state index contributed by atoms with van der Waals surface area (Å²) in [4.78, 5) is 37.7. The number of esters is 2. The smallest absolute Gasteiger partial charge is 0.361 e. The molecule has 0 radical (unpaired) electrons. The molecule has 0 heterocycles. The molecule has 0 aliphatic heterocycles. The van der Waals surface area contributed by atoms with Gasteiger partial charge < -0.3 is 28.5 Å². The highest BCUT2D eigenvalue weighted by atomic mass is 16.7. The lowest BCUT2D eigenvalue weighted by Gasteiger charge is -2.25. The van der Waals surface area contributed by atoms with E-state index in [1.54, 1.807) is 0 Å². The van der Waals surface area contributed by atoms with Gasteiger partial charge in [0.1, 0.15) is 13.2 Å². The number of hydrogen-bond donors (Lipinski definition) is 1. The van der Waals surface area contributed by atoms with Gasteiger partial charge in [0.25, 0.3) is 6.29 Å². The van der Waals surface area contributed by atoms with Crippen molar-refractivity contribution >= 4 is 17.9 Å². The second-order valence-electron chi connectivity index (χ2n) is 26.6. The SMILES string of the molecule is CC/C=C\C/C=C\C/C=C\C/C=C\C/C=C\C/C=C\C/C=C\C/C=C\C/C=C\CCCCCC(=O)OC(COC(=O)CCCCCCCCCCCCCCCCCCCCCCCC/C=C\C/C=C\C/C=C\C/C=C\C/C=C\C/C=C\CC)COC(OCC[N+](C)(C)C)C(=O)O. The molecule has 0 bridgehead atoms. The first-order valence-electron chi connectivity index (χ1n) is 38.9. The van der Waals surface area contributed by atoms with Gasteiger partial charge in [-0.25, -0.2) is 4.79 Å². The summed E-state index contributed by atoms with van der Waals surface area (Å²) in [6, 6.07) is 0. The molecule has 0 fully saturated rings. The van der Waals surface area contributed by atoms with Crippen molar-refractivity contribution in [2.75, 3.05) is 47.5 Å². The molecule has 9 heteroatoms. The normalized spacial score (nSPS) is 13.7. The fourth-order valence-electron chi connectivity index (χ4n) is 10.3. The second kappa shape index (κ2) is 76.1. The van der Waals surface area contributed by atoms with E-state index >= 15 is 0 Å². The Bertz CT molecular complexity index is 2260. The quantitative estimate of drug-likeness (QED) is 0.0211. The van der Waals surface area contributed by atoms with E-state index in [4.69, 9.17) is 18.9 Å². The van der Waals surface area contributed by atoms with Crippen LogP contribution in [0.4, 0.5) is 0 Å². The summed E-state index contributed by atoms with van der Waals surface area (Å²) in [6.45, 7) is 4.61. The van der Waals surface area contributed by atoms with Crippen molar-refractivity contribution in [3.05, 3.63) is 182 Å². The predicted molar refractivity (Wildman–Crippen MR) is 419 cm³/mol. The zero-order valence-corrected chi connectivity index (χ0v) is 62.7. The van der Waals surface area contributed by atoms with Gasteiger partial charge in [0.15, 0.2) is 6.10 Å². The molecule has 0 saturated heterocycles. The van der Waals surface area contributed by atoms with Gasteiger partial charge in [-0.15, -0.1) is 0 Å². The van der Waals surface area contributed by atoms with Crippen molar-refractivity contribution < 1.29 is 42.9 Å². The van der Waals surface area contributed by atoms with Crippen molar-refractivity contribution in [2.45, 2.75) is 309 Å². The third-order valence-corrected chi connectivity index (χ3v) is 16.2. The zero-order valence-electron chi connectivity index (χ0n) is 62.7. The molecule has 2 unspecified atom stereocenters. The second-order valence-corrected chi connectivity index (χ2v) is 26.6. The number of rotatable bonds is 70. The summed E-state index contributed by atoms with van der Waals surface area (Å²) in [6.07, 6.45) is 113. The number of carboxylic acids is 1. The number of nitrogens with zero attached hydrogens (tertiary/aromatic N) is 1. The molecule has 0 aromatic heterocycles. The van der Waals surface area contributed by atoms with E-state index in [-0.39, 0.29) is 38.6 Å². The third kappa shape index (κ3) is 77.6. The minimum absolute atomic E-state index is 0.173. The maximum Gasteiger partial charge on any atom is 0.361 e. The van der Waals surface area contributed by atoms with Crippen LogP contribution in [0.2, 0.25) is 0 Å². The molecule has 0 aliphatic carbocycles. The van der Waals surface area contributed by atoms with Crippen LogP contribution in [-0.2, 0) is 33.3 Å². The first-order valence-corrected chi connectivity index (χ1v) is 38.9. The van der Waals surface area contributed by atoms with Crippen LogP contribution in [-0.4, -0.2) is 87.4 Å². The lowest BCUT2D eigenvalue weighted by Crippen LogP contribution is -2.40. The fourth-order valence-corrected chi connectivity index (χ4v) is 10.3. The van der Waals surface area contributed by atoms with E-state index in [0.29, 0.717) is 17.4 Å². The van der Waals surface area contributed by atoms with Crippen LogP contribution >= 0.6 is 0 Å². The molecule has 0 saturated carbocycles. The number of carboxylic acid groups (broad SMARTS) is 1. The van der Waals surface area contributed by atoms with E-state index in [2.05, 4.69) is 196 Å². The number of hydrogen-bond acceptors (Lipinski definition) is 7. The van der Waals surface area contributed by atoms with Gasteiger partial charge in [-0.2, -0.15) is 0 Å². The van der Waals surface area contributed by atoms with Gasteiger partial charge >= 0.3 is 17.9 Å². The highest BCUT2D eigenvalue weighted by Crippen LogP contribution is 2.17. The third-order valence-electron chi connectivity index (χ3n) is 16.2. The number of ether oxygens (including phenoxy) is 4. The Balaban J connectivity index is 4.10. The van der Waals surface area contributed by atoms with Crippen LogP contribution in [0, 0.1) is 0 Å². The number of carbonyl (C=O) groups excluding carboxylic acids is 2. The topological polar surface area (TPSA) is 108 Å². The average Bonchev–Trinajstić information content (AvgIpc) is 2.39. The molecule has 548 valence electrons. The van der Waals surface area contributed by atoms with Crippen molar-refractivity contribution in [3.63, 3.8) is 0 Å². The predicted octanol–water partition coefficient (Wildman–Crippen LogP) is 25.1. The summed E-state index contributed by atoms with van der Waals surface area (Å²) >= 11 is 0. The van der Waals surface area contributed by atoms with Gasteiger partial charge in [-0.1, -0.05) is 331 Å². The van der Waals surface area contributed by atoms with Crippen LogP contribution in [0.1, 0.15) is 296 Å². The maximum absolute atomic E-state index is 13.0. The minimum Gasteiger partial charge on any atom is -0.477 e. The summed E-state index contributed by atoms with van der Waals surface area (Å²) in [5, 5.41) is 9.76. The number of unbranched alkanes of at least 4 members (excludes halogenated alkanes) is 25. The first-order chi connectivity index (χ1) is 47.6. The number of aliphatic carboxylic acids is 1. The highest BCUT2D eigenvalue weighted by molar-refractivity contribution is 5.71. The highest BCUT2D eigenvalue weighted by Gasteiger charge is 2.25. The monoisotopic (exact) mass is 1340 g/mol. The van der Waals surface area contributed by atoms with Crippen LogP contribution in [0.15, 0.2) is 182 Å². The molecule has 0 spiro atoms. The number of allylic oxidation sites excluding steroid dienone is 30. The van der Waals surface area contributed by atoms with Gasteiger partial charge in [-0.05, 0) is 135 Å². The lowest BCUT2D eigenvalue weighted by atomic mass is 10.0. The van der Waals surface area contributed by atoms with E-state index in [0.717, 1.165) is 135 Å². The largest absolute Gasteiger partial charge is 0.477 e. The summed E-state index contributed by atoms with van der Waals surface area (Å²) in [7, 11) is 5.96. The van der Waals surface area contributed by atoms with Gasteiger partial charge in [0, 0.05) is 12.8 Å². The molecule has 0 aliphatic rings. The lowest BCUT2D eigenvalue weighted by molar-refractivity contribution is -0.870. The molecule has 9 nitrogen and oxygen atoms in total. The Kier molecular flexibility index (Phi) is 71.7. The Hall–Kier alpha value is -5.61. The molecule has 2 atom stereocenters. The summed E-state index contributed by atoms with van der Waals surface area (Å²) in [5.74, 6) is -2.06. The number of likely N-dealkylation sites (N-methyl/N-ethyl adjacent to an activating group) is 1. The van der Waals surface area contributed by atoms with Gasteiger partial charge in [0.2, 0.25) is 0 Å².